The first-order valence-electron chi connectivity index (χ1n) is 7.63. The largest absolute Gasteiger partial charge is 0.464 e. The Morgan fingerprint density at radius 3 is 2.68 bits per heavy atom. The molecule has 2 heterocycles. The highest BCUT2D eigenvalue weighted by Gasteiger charge is 2.44. The molecule has 25 heavy (non-hydrogen) atoms. The van der Waals surface area contributed by atoms with E-state index in [9.17, 15) is 25.2 Å². The number of aromatic amines is 1. The normalized spacial score (nSPS) is 29.6. The van der Waals surface area contributed by atoms with Gasteiger partial charge in [-0.1, -0.05) is 12.1 Å². The van der Waals surface area contributed by atoms with E-state index in [0.29, 0.717) is 10.9 Å². The molecule has 5 N–H and O–H groups in total. The van der Waals surface area contributed by atoms with Crippen LogP contribution in [0.3, 0.4) is 0 Å². The first-order chi connectivity index (χ1) is 12.0. The Kier molecular flexibility index (Phi) is 4.93. The zero-order valence-electron chi connectivity index (χ0n) is 13.3. The Labute approximate surface area is 142 Å². The van der Waals surface area contributed by atoms with Crippen molar-refractivity contribution in [2.45, 2.75) is 30.7 Å². The van der Waals surface area contributed by atoms with Crippen molar-refractivity contribution >= 4 is 16.9 Å². The first kappa shape index (κ1) is 17.6. The predicted molar refractivity (Wildman–Crippen MR) is 84.0 cm³/mol. The topological polar surface area (TPSA) is 141 Å². The zero-order valence-corrected chi connectivity index (χ0v) is 13.3. The molecule has 9 nitrogen and oxygen atoms in total. The zero-order chi connectivity index (χ0) is 18.1. The first-order valence-corrected chi connectivity index (χ1v) is 7.63. The lowest BCUT2D eigenvalue weighted by Gasteiger charge is -2.39. The molecule has 5 atom stereocenters. The van der Waals surface area contributed by atoms with Crippen molar-refractivity contribution in [3.05, 3.63) is 30.0 Å². The van der Waals surface area contributed by atoms with Gasteiger partial charge in [0.1, 0.15) is 35.9 Å². The average Bonchev–Trinajstić information content (AvgIpc) is 3.06. The van der Waals surface area contributed by atoms with E-state index in [2.05, 4.69) is 9.72 Å². The monoisotopic (exact) mass is 353 g/mol. The van der Waals surface area contributed by atoms with Crippen molar-refractivity contribution in [3.63, 3.8) is 0 Å². The standard InChI is InChI=1S/C16H19NO8/c1-23-15(22)8-5-7-3-2-4-9(11(7)17-8)24-16-14(21)13(20)12(19)10(6-18)25-16/h2-5,10,12-14,16-21H,6H2,1H3/t10-,12-,13+,14+,16-/m1/s1. The number of esters is 1. The summed E-state index contributed by atoms with van der Waals surface area (Å²) in [4.78, 5) is 14.5. The van der Waals surface area contributed by atoms with Gasteiger partial charge in [0.2, 0.25) is 6.29 Å². The third kappa shape index (κ3) is 3.20. The number of rotatable bonds is 4. The second-order valence-electron chi connectivity index (χ2n) is 5.71. The van der Waals surface area contributed by atoms with Crippen molar-refractivity contribution in [1.29, 1.82) is 0 Å². The Hall–Kier alpha value is -2.17. The summed E-state index contributed by atoms with van der Waals surface area (Å²) in [7, 11) is 1.26. The molecule has 0 amide bonds. The van der Waals surface area contributed by atoms with E-state index in [1.54, 1.807) is 24.3 Å². The molecule has 1 aromatic heterocycles. The lowest BCUT2D eigenvalue weighted by atomic mass is 9.99. The van der Waals surface area contributed by atoms with Crippen LogP contribution in [0.2, 0.25) is 0 Å². The molecule has 0 aliphatic carbocycles. The van der Waals surface area contributed by atoms with Gasteiger partial charge in [0.15, 0.2) is 0 Å². The van der Waals surface area contributed by atoms with Crippen LogP contribution < -0.4 is 4.74 Å². The number of carbonyl (C=O) groups is 1. The van der Waals surface area contributed by atoms with Gasteiger partial charge in [-0.2, -0.15) is 0 Å². The average molecular weight is 353 g/mol. The van der Waals surface area contributed by atoms with Gasteiger partial charge in [0, 0.05) is 5.39 Å². The van der Waals surface area contributed by atoms with E-state index in [0.717, 1.165) is 0 Å². The summed E-state index contributed by atoms with van der Waals surface area (Å²) in [6, 6.07) is 6.59. The number of para-hydroxylation sites is 1. The van der Waals surface area contributed by atoms with E-state index in [-0.39, 0.29) is 11.4 Å². The Morgan fingerprint density at radius 1 is 1.24 bits per heavy atom. The van der Waals surface area contributed by atoms with Gasteiger partial charge in [0.05, 0.1) is 19.2 Å². The van der Waals surface area contributed by atoms with E-state index in [1.807, 2.05) is 0 Å². The summed E-state index contributed by atoms with van der Waals surface area (Å²) in [6.45, 7) is -0.552. The molecule has 2 aromatic rings. The van der Waals surface area contributed by atoms with Crippen molar-refractivity contribution in [2.75, 3.05) is 13.7 Å². The second kappa shape index (κ2) is 6.98. The van der Waals surface area contributed by atoms with Crippen molar-refractivity contribution in [2.24, 2.45) is 0 Å². The lowest BCUT2D eigenvalue weighted by Crippen LogP contribution is -2.60. The molecule has 0 saturated carbocycles. The molecule has 0 bridgehead atoms. The van der Waals surface area contributed by atoms with Crippen molar-refractivity contribution < 1.29 is 39.4 Å². The summed E-state index contributed by atoms with van der Waals surface area (Å²) in [5, 5.41) is 39.6. The highest BCUT2D eigenvalue weighted by Crippen LogP contribution is 2.30. The molecule has 1 aliphatic rings. The van der Waals surface area contributed by atoms with E-state index in [4.69, 9.17) is 9.47 Å². The van der Waals surface area contributed by atoms with Gasteiger partial charge in [-0.3, -0.25) is 0 Å². The van der Waals surface area contributed by atoms with Gasteiger partial charge in [0.25, 0.3) is 0 Å². The van der Waals surface area contributed by atoms with Crippen molar-refractivity contribution in [1.82, 2.24) is 4.98 Å². The van der Waals surface area contributed by atoms with Crippen LogP contribution in [0.15, 0.2) is 24.3 Å². The van der Waals surface area contributed by atoms with Gasteiger partial charge in [-0.15, -0.1) is 0 Å². The quantitative estimate of drug-likeness (QED) is 0.447. The fourth-order valence-corrected chi connectivity index (χ4v) is 2.74. The molecule has 0 radical (unpaired) electrons. The molecular weight excluding hydrogens is 334 g/mol. The molecule has 1 saturated heterocycles. The van der Waals surface area contributed by atoms with Gasteiger partial charge < -0.3 is 39.6 Å². The third-order valence-electron chi connectivity index (χ3n) is 4.11. The van der Waals surface area contributed by atoms with Gasteiger partial charge in [-0.25, -0.2) is 4.79 Å². The fraction of sp³-hybridized carbons (Fsp3) is 0.438. The highest BCUT2D eigenvalue weighted by atomic mass is 16.7. The van der Waals surface area contributed by atoms with Gasteiger partial charge in [-0.05, 0) is 12.1 Å². The highest BCUT2D eigenvalue weighted by molar-refractivity contribution is 5.96. The molecular formula is C16H19NO8. The number of hydrogen-bond donors (Lipinski definition) is 5. The SMILES string of the molecule is COC(=O)c1cc2cccc(O[C@@H]3O[C@H](CO)[C@@H](O)[C@H](O)[C@@H]3O)c2[nH]1. The number of carbonyl (C=O) groups excluding carboxylic acids is 1. The number of fused-ring (bicyclic) bond motifs is 1. The van der Waals surface area contributed by atoms with E-state index < -0.39 is 43.3 Å². The molecule has 3 rings (SSSR count). The van der Waals surface area contributed by atoms with Crippen LogP contribution >= 0.6 is 0 Å². The maximum atomic E-state index is 11.6. The van der Waals surface area contributed by atoms with Crippen LogP contribution in [-0.4, -0.2) is 75.8 Å². The minimum atomic E-state index is -1.54. The summed E-state index contributed by atoms with van der Waals surface area (Å²) < 4.78 is 15.6. The number of methoxy groups -OCH3 is 1. The number of hydrogen-bond acceptors (Lipinski definition) is 8. The van der Waals surface area contributed by atoms with Crippen LogP contribution in [0.1, 0.15) is 10.5 Å². The smallest absolute Gasteiger partial charge is 0.354 e. The van der Waals surface area contributed by atoms with E-state index in [1.165, 1.54) is 7.11 Å². The number of benzene rings is 1. The van der Waals surface area contributed by atoms with Crippen LogP contribution in [0, 0.1) is 0 Å². The lowest BCUT2D eigenvalue weighted by molar-refractivity contribution is -0.277. The number of ether oxygens (including phenoxy) is 3. The summed E-state index contributed by atoms with van der Waals surface area (Å²) in [6.07, 6.45) is -6.91. The number of nitrogens with one attached hydrogen (secondary N) is 1. The van der Waals surface area contributed by atoms with Crippen LogP contribution in [0.4, 0.5) is 0 Å². The summed E-state index contributed by atoms with van der Waals surface area (Å²) in [5.41, 5.74) is 0.696. The predicted octanol–water partition coefficient (Wildman–Crippen LogP) is -0.867. The minimum Gasteiger partial charge on any atom is -0.464 e. The number of aromatic nitrogens is 1. The van der Waals surface area contributed by atoms with Gasteiger partial charge >= 0.3 is 5.97 Å². The number of H-pyrrole nitrogens is 1. The maximum absolute atomic E-state index is 11.6. The molecule has 0 unspecified atom stereocenters. The maximum Gasteiger partial charge on any atom is 0.354 e. The minimum absolute atomic E-state index is 0.224. The molecule has 1 aromatic carbocycles. The van der Waals surface area contributed by atoms with Crippen LogP contribution in [-0.2, 0) is 9.47 Å². The van der Waals surface area contributed by atoms with Crippen LogP contribution in [0.5, 0.6) is 5.75 Å². The van der Waals surface area contributed by atoms with Crippen LogP contribution in [0.25, 0.3) is 10.9 Å². The fourth-order valence-electron chi connectivity index (χ4n) is 2.74. The van der Waals surface area contributed by atoms with Crippen molar-refractivity contribution in [3.8, 4) is 5.75 Å². The summed E-state index contributed by atoms with van der Waals surface area (Å²) >= 11 is 0. The third-order valence-corrected chi connectivity index (χ3v) is 4.11. The number of aliphatic hydroxyl groups excluding tert-OH is 4. The molecule has 0 spiro atoms. The second-order valence-corrected chi connectivity index (χ2v) is 5.71. The summed E-state index contributed by atoms with van der Waals surface area (Å²) in [5.74, 6) is -0.285. The Bertz CT molecular complexity index is 758. The Balaban J connectivity index is 1.89. The molecule has 9 heteroatoms. The molecule has 1 aliphatic heterocycles. The Morgan fingerprint density at radius 2 is 2.00 bits per heavy atom. The molecule has 1 fully saturated rings. The molecule has 136 valence electrons. The number of aliphatic hydroxyl groups is 4. The van der Waals surface area contributed by atoms with E-state index >= 15 is 0 Å².